The lowest BCUT2D eigenvalue weighted by Gasteiger charge is -2.27. The van der Waals surface area contributed by atoms with E-state index in [-0.39, 0.29) is 11.8 Å². The summed E-state index contributed by atoms with van der Waals surface area (Å²) in [6.45, 7) is 26.4. The number of ether oxygens (including phenoxy) is 2. The Morgan fingerprint density at radius 2 is 0.895 bits per heavy atom. The predicted octanol–water partition coefficient (Wildman–Crippen LogP) is 4.53. The van der Waals surface area contributed by atoms with E-state index in [0.717, 1.165) is 12.5 Å². The summed E-state index contributed by atoms with van der Waals surface area (Å²) in [5, 5.41) is 0. The van der Waals surface area contributed by atoms with Crippen LogP contribution in [-0.4, -0.2) is 121 Å². The van der Waals surface area contributed by atoms with Gasteiger partial charge in [-0.1, -0.05) is 26.2 Å². The van der Waals surface area contributed by atoms with Gasteiger partial charge in [-0.15, -0.1) is 0 Å². The summed E-state index contributed by atoms with van der Waals surface area (Å²) in [5.74, 6) is 0.230. The minimum atomic E-state index is -1.63. The van der Waals surface area contributed by atoms with E-state index in [1.165, 1.54) is 0 Å². The number of unbranched alkanes of at least 4 members (excludes halogenated alkanes) is 1. The van der Waals surface area contributed by atoms with Crippen LogP contribution in [0.3, 0.4) is 0 Å². The summed E-state index contributed by atoms with van der Waals surface area (Å²) in [4.78, 5) is 29.7. The number of carbonyl (C=O) groups excluding carboxylic acids is 2. The van der Waals surface area contributed by atoms with Gasteiger partial charge in [0.15, 0.2) is 16.6 Å². The first-order valence-electron chi connectivity index (χ1n) is 14.2. The lowest BCUT2D eigenvalue weighted by molar-refractivity contribution is -0.134. The first-order valence-corrected chi connectivity index (χ1v) is 26.4. The van der Waals surface area contributed by atoms with Crippen LogP contribution in [-0.2, 0) is 27.9 Å². The zero-order valence-electron chi connectivity index (χ0n) is 26.2. The van der Waals surface area contributed by atoms with Crippen LogP contribution in [0.1, 0.15) is 25.7 Å². The largest absolute Gasteiger partial charge is 0.416 e. The number of rotatable bonds is 23. The standard InChI is InChI=1S/C26H58N2O6Si4/c1-35(2)23-31-19-15-27(16-20-32-24-36(3)4)25(29)13-11-12-14-26(30)28(17-21-33-37(5,6)7)18-22-34-38(8,9)10/h11-24H2,1-10H3. The fourth-order valence-electron chi connectivity index (χ4n) is 3.42. The topological polar surface area (TPSA) is 77.5 Å². The Morgan fingerprint density at radius 1 is 0.579 bits per heavy atom. The highest BCUT2D eigenvalue weighted by Crippen LogP contribution is 2.09. The van der Waals surface area contributed by atoms with Crippen LogP contribution in [0, 0.1) is 0 Å². The first-order chi connectivity index (χ1) is 17.6. The second kappa shape index (κ2) is 20.5. The zero-order chi connectivity index (χ0) is 29.2. The van der Waals surface area contributed by atoms with Gasteiger partial charge in [-0.25, -0.2) is 0 Å². The summed E-state index contributed by atoms with van der Waals surface area (Å²) in [6.07, 6.45) is 3.87. The molecule has 0 N–H and O–H groups in total. The highest BCUT2D eigenvalue weighted by atomic mass is 28.4. The molecule has 0 spiro atoms. The van der Waals surface area contributed by atoms with E-state index < -0.39 is 34.2 Å². The average Bonchev–Trinajstić information content (AvgIpc) is 2.77. The summed E-state index contributed by atoms with van der Waals surface area (Å²) in [7, 11) is -4.13. The lowest BCUT2D eigenvalue weighted by atomic mass is 10.1. The molecule has 0 aromatic carbocycles. The van der Waals surface area contributed by atoms with E-state index in [2.05, 4.69) is 65.5 Å². The van der Waals surface area contributed by atoms with Crippen LogP contribution in [0.2, 0.25) is 65.5 Å². The molecule has 0 aliphatic carbocycles. The average molecular weight is 607 g/mol. The third kappa shape index (κ3) is 23.5. The van der Waals surface area contributed by atoms with E-state index in [4.69, 9.17) is 18.3 Å². The maximum absolute atomic E-state index is 13.0. The van der Waals surface area contributed by atoms with Crippen molar-refractivity contribution in [2.75, 3.05) is 65.1 Å². The van der Waals surface area contributed by atoms with Crippen LogP contribution in [0.25, 0.3) is 0 Å². The van der Waals surface area contributed by atoms with Crippen molar-refractivity contribution in [1.29, 1.82) is 0 Å². The van der Waals surface area contributed by atoms with Gasteiger partial charge < -0.3 is 28.1 Å². The van der Waals surface area contributed by atoms with E-state index in [1.807, 2.05) is 9.80 Å². The number of carbonyl (C=O) groups is 2. The SMILES string of the molecule is C[Si](C)COCCN(CCOC[Si](C)C)C(=O)CCCCC(=O)N(CCO[Si](C)(C)C)CCO[Si](C)(C)C. The van der Waals surface area contributed by atoms with Crippen molar-refractivity contribution in [3.8, 4) is 0 Å². The van der Waals surface area contributed by atoms with Crippen molar-refractivity contribution in [2.45, 2.75) is 91.2 Å². The molecule has 224 valence electrons. The van der Waals surface area contributed by atoms with Gasteiger partial charge in [0.05, 0.1) is 44.0 Å². The van der Waals surface area contributed by atoms with Gasteiger partial charge in [-0.05, 0) is 52.1 Å². The molecule has 0 aliphatic heterocycles. The van der Waals surface area contributed by atoms with Crippen LogP contribution in [0.15, 0.2) is 0 Å². The van der Waals surface area contributed by atoms with Gasteiger partial charge in [0, 0.05) is 51.5 Å². The molecule has 0 rings (SSSR count). The van der Waals surface area contributed by atoms with Gasteiger partial charge in [0.2, 0.25) is 11.8 Å². The smallest absolute Gasteiger partial charge is 0.222 e. The van der Waals surface area contributed by atoms with E-state index >= 15 is 0 Å². The van der Waals surface area contributed by atoms with Crippen LogP contribution < -0.4 is 0 Å². The van der Waals surface area contributed by atoms with Gasteiger partial charge in [0.1, 0.15) is 0 Å². The summed E-state index contributed by atoms with van der Waals surface area (Å²) in [6, 6.07) is 0. The zero-order valence-corrected chi connectivity index (χ0v) is 30.2. The number of hydrogen-bond donors (Lipinski definition) is 0. The maximum atomic E-state index is 13.0. The quantitative estimate of drug-likeness (QED) is 0.126. The number of hydrogen-bond acceptors (Lipinski definition) is 6. The second-order valence-electron chi connectivity index (χ2n) is 12.4. The molecule has 0 aliphatic rings. The minimum Gasteiger partial charge on any atom is -0.416 e. The molecule has 0 heterocycles. The third-order valence-corrected chi connectivity index (χ3v) is 9.03. The molecule has 0 unspecified atom stereocenters. The van der Waals surface area contributed by atoms with Crippen molar-refractivity contribution in [1.82, 2.24) is 9.80 Å². The Labute approximate surface area is 239 Å². The number of amides is 2. The molecular weight excluding hydrogens is 549 g/mol. The van der Waals surface area contributed by atoms with Crippen molar-refractivity contribution in [3.05, 3.63) is 0 Å². The molecule has 0 saturated heterocycles. The van der Waals surface area contributed by atoms with Crippen LogP contribution in [0.4, 0.5) is 0 Å². The molecular formula is C26H58N2O6Si4. The Bertz CT molecular complexity index is 606. The molecule has 0 aromatic heterocycles. The van der Waals surface area contributed by atoms with Gasteiger partial charge in [0.25, 0.3) is 0 Å². The van der Waals surface area contributed by atoms with Crippen molar-refractivity contribution in [3.63, 3.8) is 0 Å². The van der Waals surface area contributed by atoms with Gasteiger partial charge >= 0.3 is 0 Å². The third-order valence-electron chi connectivity index (χ3n) is 5.32. The highest BCUT2D eigenvalue weighted by molar-refractivity contribution is 6.70. The normalized spacial score (nSPS) is 12.4. The molecule has 38 heavy (non-hydrogen) atoms. The summed E-state index contributed by atoms with van der Waals surface area (Å²) < 4.78 is 23.5. The van der Waals surface area contributed by atoms with E-state index in [9.17, 15) is 9.59 Å². The monoisotopic (exact) mass is 606 g/mol. The molecule has 0 saturated carbocycles. The first kappa shape index (κ1) is 37.6. The molecule has 12 heteroatoms. The van der Waals surface area contributed by atoms with Crippen molar-refractivity contribution < 1.29 is 27.9 Å². The Balaban J connectivity index is 4.70. The Morgan fingerprint density at radius 3 is 1.18 bits per heavy atom. The second-order valence-corrected chi connectivity index (χ2v) is 26.8. The molecule has 0 fully saturated rings. The fraction of sp³-hybridized carbons (Fsp3) is 0.923. The van der Waals surface area contributed by atoms with Crippen LogP contribution >= 0.6 is 0 Å². The molecule has 0 atom stereocenters. The van der Waals surface area contributed by atoms with Crippen molar-refractivity contribution >= 4 is 46.0 Å². The molecule has 0 aromatic rings. The summed E-state index contributed by atoms with van der Waals surface area (Å²) >= 11 is 0. The van der Waals surface area contributed by atoms with Gasteiger partial charge in [-0.2, -0.15) is 0 Å². The van der Waals surface area contributed by atoms with E-state index in [0.29, 0.717) is 78.3 Å². The molecule has 2 radical (unpaired) electrons. The minimum absolute atomic E-state index is 0.114. The van der Waals surface area contributed by atoms with Crippen LogP contribution in [0.5, 0.6) is 0 Å². The van der Waals surface area contributed by atoms with E-state index in [1.54, 1.807) is 0 Å². The molecule has 2 amide bonds. The predicted molar refractivity (Wildman–Crippen MR) is 167 cm³/mol. The fourth-order valence-corrected chi connectivity index (χ4v) is 5.93. The Hall–Kier alpha value is -0.352. The number of nitrogens with zero attached hydrogens (tertiary/aromatic N) is 2. The summed E-state index contributed by atoms with van der Waals surface area (Å²) in [5.41, 5.74) is 0. The van der Waals surface area contributed by atoms with Gasteiger partial charge in [-0.3, -0.25) is 9.59 Å². The Kier molecular flexibility index (Phi) is 20.3. The van der Waals surface area contributed by atoms with Crippen molar-refractivity contribution in [2.24, 2.45) is 0 Å². The molecule has 0 bridgehead atoms. The lowest BCUT2D eigenvalue weighted by Crippen LogP contribution is -2.40. The highest BCUT2D eigenvalue weighted by Gasteiger charge is 2.20. The maximum Gasteiger partial charge on any atom is 0.222 e. The molecule has 8 nitrogen and oxygen atoms in total.